The first kappa shape index (κ1) is 15.5. The van der Waals surface area contributed by atoms with E-state index in [4.69, 9.17) is 0 Å². The summed E-state index contributed by atoms with van der Waals surface area (Å²) in [4.78, 5) is 28.6. The van der Waals surface area contributed by atoms with E-state index in [1.165, 1.54) is 23.5 Å². The van der Waals surface area contributed by atoms with E-state index in [9.17, 15) is 14.9 Å². The number of nitrogens with zero attached hydrogens (tertiary/aromatic N) is 3. The Kier molecular flexibility index (Phi) is 3.58. The van der Waals surface area contributed by atoms with Crippen LogP contribution in [-0.4, -0.2) is 22.9 Å². The van der Waals surface area contributed by atoms with Crippen molar-refractivity contribution in [3.63, 3.8) is 0 Å². The number of benzene rings is 2. The van der Waals surface area contributed by atoms with Gasteiger partial charge in [0.1, 0.15) is 5.01 Å². The van der Waals surface area contributed by atoms with E-state index in [-0.39, 0.29) is 11.6 Å². The molecule has 1 aromatic heterocycles. The quantitative estimate of drug-likeness (QED) is 0.530. The predicted octanol–water partition coefficient (Wildman–Crippen LogP) is 3.90. The summed E-state index contributed by atoms with van der Waals surface area (Å²) < 4.78 is 0. The zero-order valence-electron chi connectivity index (χ0n) is 13.3. The molecule has 0 saturated heterocycles. The molecule has 0 N–H and O–H groups in total. The van der Waals surface area contributed by atoms with Crippen LogP contribution in [0.3, 0.4) is 0 Å². The smallest absolute Gasteiger partial charge is 0.270 e. The van der Waals surface area contributed by atoms with Crippen LogP contribution in [-0.2, 0) is 11.2 Å². The van der Waals surface area contributed by atoms with Crippen molar-refractivity contribution >= 4 is 28.6 Å². The Morgan fingerprint density at radius 1 is 1.20 bits per heavy atom. The number of carbonyl (C=O) groups excluding carboxylic acids is 1. The number of hydrogen-bond acceptors (Lipinski definition) is 5. The molecule has 0 atom stereocenters. The van der Waals surface area contributed by atoms with E-state index in [1.807, 2.05) is 29.6 Å². The van der Waals surface area contributed by atoms with Crippen LogP contribution in [0.5, 0.6) is 0 Å². The average Bonchev–Trinajstić information content (AvgIpc) is 3.20. The van der Waals surface area contributed by atoms with Crippen molar-refractivity contribution in [2.24, 2.45) is 0 Å². The molecule has 1 aliphatic rings. The molecule has 4 rings (SSSR count). The molecular weight excluding hydrogens is 338 g/mol. The van der Waals surface area contributed by atoms with Crippen molar-refractivity contribution in [3.05, 3.63) is 63.5 Å². The Balaban J connectivity index is 1.69. The highest BCUT2D eigenvalue weighted by atomic mass is 32.1. The fraction of sp³-hybridized carbons (Fsp3) is 0.111. The van der Waals surface area contributed by atoms with E-state index in [0.29, 0.717) is 6.42 Å². The highest BCUT2D eigenvalue weighted by Crippen LogP contribution is 2.34. The summed E-state index contributed by atoms with van der Waals surface area (Å²) in [7, 11) is 1.77. The number of rotatable bonds is 3. The SMILES string of the molecule is CN1C(=O)Cc2cc(-c3csc(-c4cccc([N+](=O)[O-])c4)n3)ccc21. The molecule has 2 heterocycles. The third kappa shape index (κ3) is 2.68. The van der Waals surface area contributed by atoms with Crippen LogP contribution in [0.4, 0.5) is 11.4 Å². The molecule has 0 radical (unpaired) electrons. The number of likely N-dealkylation sites (N-methyl/N-ethyl adjacent to an activating group) is 1. The monoisotopic (exact) mass is 351 g/mol. The van der Waals surface area contributed by atoms with Gasteiger partial charge in [-0.3, -0.25) is 14.9 Å². The van der Waals surface area contributed by atoms with Crippen LogP contribution < -0.4 is 4.90 Å². The summed E-state index contributed by atoms with van der Waals surface area (Å²) in [6.45, 7) is 0. The van der Waals surface area contributed by atoms with Crippen molar-refractivity contribution in [1.29, 1.82) is 0 Å². The maximum Gasteiger partial charge on any atom is 0.270 e. The van der Waals surface area contributed by atoms with Crippen molar-refractivity contribution in [2.75, 3.05) is 11.9 Å². The Morgan fingerprint density at radius 3 is 2.84 bits per heavy atom. The number of fused-ring (bicyclic) bond motifs is 1. The lowest BCUT2D eigenvalue weighted by Gasteiger charge is -2.09. The standard InChI is InChI=1S/C18H13N3O3S/c1-20-16-6-5-11(7-13(16)9-17(20)22)15-10-25-18(19-15)12-3-2-4-14(8-12)21(23)24/h2-8,10H,9H2,1H3. The lowest BCUT2D eigenvalue weighted by Crippen LogP contribution is -2.20. The molecule has 2 aromatic carbocycles. The number of nitro groups is 1. The van der Waals surface area contributed by atoms with Crippen LogP contribution in [0, 0.1) is 10.1 Å². The summed E-state index contributed by atoms with van der Waals surface area (Å²) in [6, 6.07) is 12.3. The van der Waals surface area contributed by atoms with Gasteiger partial charge in [0.25, 0.3) is 5.69 Å². The van der Waals surface area contributed by atoms with Gasteiger partial charge in [-0.2, -0.15) is 0 Å². The van der Waals surface area contributed by atoms with Gasteiger partial charge in [0.05, 0.1) is 17.0 Å². The molecule has 0 spiro atoms. The van der Waals surface area contributed by atoms with Crippen LogP contribution >= 0.6 is 11.3 Å². The molecule has 0 saturated carbocycles. The van der Waals surface area contributed by atoms with Gasteiger partial charge in [-0.1, -0.05) is 18.2 Å². The molecular formula is C18H13N3O3S. The average molecular weight is 351 g/mol. The number of nitro benzene ring substituents is 1. The molecule has 6 nitrogen and oxygen atoms in total. The first-order valence-corrected chi connectivity index (χ1v) is 8.51. The maximum atomic E-state index is 11.8. The molecule has 3 aromatic rings. The number of non-ortho nitro benzene ring substituents is 1. The first-order valence-electron chi connectivity index (χ1n) is 7.63. The Bertz CT molecular complexity index is 1010. The molecule has 1 amide bonds. The second-order valence-electron chi connectivity index (χ2n) is 5.82. The highest BCUT2D eigenvalue weighted by molar-refractivity contribution is 7.13. The summed E-state index contributed by atoms with van der Waals surface area (Å²) in [5, 5.41) is 13.6. The van der Waals surface area contributed by atoms with Gasteiger partial charge in [-0.05, 0) is 17.7 Å². The second-order valence-corrected chi connectivity index (χ2v) is 6.68. The second kappa shape index (κ2) is 5.78. The van der Waals surface area contributed by atoms with Crippen molar-refractivity contribution in [1.82, 2.24) is 4.98 Å². The number of anilines is 1. The largest absolute Gasteiger partial charge is 0.315 e. The summed E-state index contributed by atoms with van der Waals surface area (Å²) in [5.74, 6) is 0.0858. The lowest BCUT2D eigenvalue weighted by molar-refractivity contribution is -0.384. The Morgan fingerprint density at radius 2 is 2.04 bits per heavy atom. The van der Waals surface area contributed by atoms with Crippen molar-refractivity contribution in [3.8, 4) is 21.8 Å². The lowest BCUT2D eigenvalue weighted by atomic mass is 10.1. The topological polar surface area (TPSA) is 76.3 Å². The minimum absolute atomic E-state index is 0.0494. The van der Waals surface area contributed by atoms with Gasteiger partial charge in [-0.25, -0.2) is 4.98 Å². The van der Waals surface area contributed by atoms with Gasteiger partial charge in [0.15, 0.2) is 0 Å². The van der Waals surface area contributed by atoms with Gasteiger partial charge in [0.2, 0.25) is 5.91 Å². The number of aromatic nitrogens is 1. The molecule has 0 aliphatic carbocycles. The molecule has 0 fully saturated rings. The molecule has 0 bridgehead atoms. The fourth-order valence-corrected chi connectivity index (χ4v) is 3.75. The third-order valence-electron chi connectivity index (χ3n) is 4.26. The third-order valence-corrected chi connectivity index (χ3v) is 5.15. The number of carbonyl (C=O) groups is 1. The first-order chi connectivity index (χ1) is 12.0. The van der Waals surface area contributed by atoms with E-state index in [2.05, 4.69) is 4.98 Å². The minimum Gasteiger partial charge on any atom is -0.315 e. The van der Waals surface area contributed by atoms with Crippen LogP contribution in [0.15, 0.2) is 47.8 Å². The van der Waals surface area contributed by atoms with Crippen molar-refractivity contribution in [2.45, 2.75) is 6.42 Å². The van der Waals surface area contributed by atoms with E-state index >= 15 is 0 Å². The molecule has 1 aliphatic heterocycles. The van der Waals surface area contributed by atoms with Gasteiger partial charge in [-0.15, -0.1) is 11.3 Å². The summed E-state index contributed by atoms with van der Waals surface area (Å²) in [6.07, 6.45) is 0.404. The summed E-state index contributed by atoms with van der Waals surface area (Å²) >= 11 is 1.44. The van der Waals surface area contributed by atoms with Crippen LogP contribution in [0.2, 0.25) is 0 Å². The highest BCUT2D eigenvalue weighted by Gasteiger charge is 2.24. The van der Waals surface area contributed by atoms with E-state index < -0.39 is 4.92 Å². The van der Waals surface area contributed by atoms with E-state index in [0.717, 1.165) is 33.1 Å². The van der Waals surface area contributed by atoms with Gasteiger partial charge < -0.3 is 4.90 Å². The molecule has 124 valence electrons. The summed E-state index contributed by atoms with van der Waals surface area (Å²) in [5.41, 5.74) is 4.44. The number of hydrogen-bond donors (Lipinski definition) is 0. The number of amides is 1. The van der Waals surface area contributed by atoms with Crippen LogP contribution in [0.1, 0.15) is 5.56 Å². The fourth-order valence-electron chi connectivity index (χ4n) is 2.92. The van der Waals surface area contributed by atoms with Crippen molar-refractivity contribution < 1.29 is 9.72 Å². The molecule has 7 heteroatoms. The number of thiazole rings is 1. The maximum absolute atomic E-state index is 11.8. The zero-order chi connectivity index (χ0) is 17.6. The van der Waals surface area contributed by atoms with E-state index in [1.54, 1.807) is 18.0 Å². The Labute approximate surface area is 147 Å². The zero-order valence-corrected chi connectivity index (χ0v) is 14.1. The molecule has 0 unspecified atom stereocenters. The van der Waals surface area contributed by atoms with Gasteiger partial charge in [0, 0.05) is 41.4 Å². The predicted molar refractivity (Wildman–Crippen MR) is 96.8 cm³/mol. The Hall–Kier alpha value is -3.06. The minimum atomic E-state index is -0.411. The van der Waals surface area contributed by atoms with Crippen LogP contribution in [0.25, 0.3) is 21.8 Å². The van der Waals surface area contributed by atoms with Gasteiger partial charge >= 0.3 is 0 Å². The normalized spacial score (nSPS) is 13.2. The molecule has 25 heavy (non-hydrogen) atoms.